The van der Waals surface area contributed by atoms with Crippen molar-refractivity contribution in [2.24, 2.45) is 0 Å². The van der Waals surface area contributed by atoms with E-state index >= 15 is 0 Å². The number of hydrogen-bond donors (Lipinski definition) is 5. The van der Waals surface area contributed by atoms with Gasteiger partial charge in [0.15, 0.2) is 0 Å². The second-order valence-corrected chi connectivity index (χ2v) is 13.2. The number of nitrogens with zero attached hydrogens (tertiary/aromatic N) is 1. The summed E-state index contributed by atoms with van der Waals surface area (Å²) in [6, 6.07) is 4.06. The molecule has 3 amide bonds. The minimum atomic E-state index is -4.96. The first kappa shape index (κ1) is 27.2. The van der Waals surface area contributed by atoms with Crippen molar-refractivity contribution in [3.05, 3.63) is 34.7 Å². The molecule has 1 saturated carbocycles. The van der Waals surface area contributed by atoms with Gasteiger partial charge in [-0.25, -0.2) is 4.39 Å². The maximum atomic E-state index is 14.1. The largest absolute Gasteiger partial charge is 0.393 e. The minimum absolute atomic E-state index is 0.0558. The normalized spacial score (nSPS) is 28.7. The van der Waals surface area contributed by atoms with Crippen LogP contribution in [0.3, 0.4) is 0 Å². The van der Waals surface area contributed by atoms with Gasteiger partial charge in [-0.2, -0.15) is 0 Å². The highest BCUT2D eigenvalue weighted by molar-refractivity contribution is 7.51. The van der Waals surface area contributed by atoms with E-state index in [9.17, 15) is 28.4 Å². The molecule has 1 unspecified atom stereocenters. The van der Waals surface area contributed by atoms with E-state index in [1.807, 2.05) is 0 Å². The summed E-state index contributed by atoms with van der Waals surface area (Å²) in [6.07, 6.45) is 4.64. The molecule has 0 spiro atoms. The number of amides is 3. The molecule has 13 heteroatoms. The lowest BCUT2D eigenvalue weighted by atomic mass is 10.1. The molecule has 2 aliphatic heterocycles. The number of carbonyl (C=O) groups is 3. The standard InChI is InChI=1S/C25H31FN3O7PS/c26-22(37(34,35)36)13-4-9-20-14(10-13)11-21(38-20)24(32)28-18-3-1-2-16-6-8-19(29(16)25(18)33)23(31)27-15-5-7-17(30)12-15/h4,9-11,15-19,22,30H,1-3,5-8,12H2,(H,27,31)(H,28,32)(H2,34,35,36)/t15-,16+,17-,18+,19+,22?/m1/s1. The predicted octanol–water partition coefficient (Wildman–Crippen LogP) is 2.72. The van der Waals surface area contributed by atoms with Gasteiger partial charge in [0, 0.05) is 16.8 Å². The molecular formula is C25H31FN3O7PS. The van der Waals surface area contributed by atoms with Gasteiger partial charge in [0.05, 0.1) is 11.0 Å². The number of halogens is 1. The second-order valence-electron chi connectivity index (χ2n) is 10.5. The number of rotatable bonds is 6. The topological polar surface area (TPSA) is 156 Å². The second kappa shape index (κ2) is 10.7. The van der Waals surface area contributed by atoms with Crippen LogP contribution in [0, 0.1) is 0 Å². The van der Waals surface area contributed by atoms with Crippen LogP contribution in [0.5, 0.6) is 0 Å². The maximum Gasteiger partial charge on any atom is 0.363 e. The molecule has 6 atom stereocenters. The van der Waals surface area contributed by atoms with E-state index in [2.05, 4.69) is 10.6 Å². The van der Waals surface area contributed by atoms with Crippen LogP contribution >= 0.6 is 18.9 Å². The monoisotopic (exact) mass is 567 g/mol. The van der Waals surface area contributed by atoms with Gasteiger partial charge in [-0.3, -0.25) is 18.9 Å². The molecule has 38 heavy (non-hydrogen) atoms. The molecule has 2 saturated heterocycles. The molecule has 206 valence electrons. The Morgan fingerprint density at radius 2 is 1.87 bits per heavy atom. The van der Waals surface area contributed by atoms with Gasteiger partial charge in [-0.05, 0) is 80.5 Å². The number of thiophene rings is 1. The molecule has 3 heterocycles. The van der Waals surface area contributed by atoms with Crippen LogP contribution in [0.15, 0.2) is 24.3 Å². The van der Waals surface area contributed by atoms with E-state index in [0.29, 0.717) is 42.2 Å². The maximum absolute atomic E-state index is 14.1. The summed E-state index contributed by atoms with van der Waals surface area (Å²) in [5.74, 6) is -3.43. The Morgan fingerprint density at radius 1 is 1.08 bits per heavy atom. The first-order valence-electron chi connectivity index (χ1n) is 12.9. The van der Waals surface area contributed by atoms with E-state index < -0.39 is 37.6 Å². The van der Waals surface area contributed by atoms with Gasteiger partial charge in [-0.1, -0.05) is 6.07 Å². The number of carbonyl (C=O) groups excluding carboxylic acids is 3. The van der Waals surface area contributed by atoms with Crippen molar-refractivity contribution < 1.29 is 38.2 Å². The predicted molar refractivity (Wildman–Crippen MR) is 138 cm³/mol. The number of fused-ring (bicyclic) bond motifs is 2. The summed E-state index contributed by atoms with van der Waals surface area (Å²) in [4.78, 5) is 59.9. The fraction of sp³-hybridized carbons (Fsp3) is 0.560. The Morgan fingerprint density at radius 3 is 2.58 bits per heavy atom. The Kier molecular flexibility index (Phi) is 7.63. The highest BCUT2D eigenvalue weighted by Gasteiger charge is 2.45. The molecule has 2 aromatic rings. The summed E-state index contributed by atoms with van der Waals surface area (Å²) in [6.45, 7) is 0. The fourth-order valence-corrected chi connectivity index (χ4v) is 7.38. The highest BCUT2D eigenvalue weighted by Crippen LogP contribution is 2.53. The van der Waals surface area contributed by atoms with E-state index in [-0.39, 0.29) is 34.3 Å². The summed E-state index contributed by atoms with van der Waals surface area (Å²) in [7, 11) is -4.96. The van der Waals surface area contributed by atoms with Crippen LogP contribution < -0.4 is 10.6 Å². The molecule has 1 aromatic heterocycles. The van der Waals surface area contributed by atoms with Gasteiger partial charge >= 0.3 is 7.60 Å². The van der Waals surface area contributed by atoms with E-state index in [0.717, 1.165) is 30.6 Å². The molecular weight excluding hydrogens is 536 g/mol. The number of alkyl halides is 1. The molecule has 1 aromatic carbocycles. The number of nitrogens with one attached hydrogen (secondary N) is 2. The number of aliphatic hydroxyl groups excluding tert-OH is 1. The lowest BCUT2D eigenvalue weighted by Crippen LogP contribution is -2.55. The summed E-state index contributed by atoms with van der Waals surface area (Å²) >= 11 is 1.13. The molecule has 10 nitrogen and oxygen atoms in total. The molecule has 1 aliphatic carbocycles. The molecule has 3 fully saturated rings. The van der Waals surface area contributed by atoms with Gasteiger partial charge in [0.25, 0.3) is 5.91 Å². The van der Waals surface area contributed by atoms with Crippen LogP contribution in [0.1, 0.15) is 72.5 Å². The number of benzene rings is 1. The Balaban J connectivity index is 1.29. The van der Waals surface area contributed by atoms with Crippen molar-refractivity contribution in [2.75, 3.05) is 0 Å². The third-order valence-corrected chi connectivity index (χ3v) is 9.78. The van der Waals surface area contributed by atoms with Crippen LogP contribution in [0.25, 0.3) is 10.1 Å². The Labute approximate surface area is 222 Å². The molecule has 5 rings (SSSR count). The van der Waals surface area contributed by atoms with Crippen molar-refractivity contribution in [2.45, 2.75) is 87.6 Å². The van der Waals surface area contributed by atoms with Crippen molar-refractivity contribution in [1.82, 2.24) is 15.5 Å². The SMILES string of the molecule is O=C(N[C@H]1CCC[C@H]2CC[C@@H](C(=O)N[C@@H]3CC[C@@H](O)C3)N2C1=O)c1cc2cc(C(F)P(=O)(O)O)ccc2s1. The van der Waals surface area contributed by atoms with Gasteiger partial charge < -0.3 is 30.4 Å². The molecule has 3 aliphatic rings. The highest BCUT2D eigenvalue weighted by atomic mass is 32.1. The number of aliphatic hydroxyl groups is 1. The fourth-order valence-electron chi connectivity index (χ4n) is 5.88. The van der Waals surface area contributed by atoms with Crippen LogP contribution in [-0.4, -0.2) is 67.8 Å². The lowest BCUT2D eigenvalue weighted by molar-refractivity contribution is -0.141. The molecule has 0 bridgehead atoms. The van der Waals surface area contributed by atoms with Crippen LogP contribution in [-0.2, 0) is 14.2 Å². The summed E-state index contributed by atoms with van der Waals surface area (Å²) in [5, 5.41) is 16.0. The average molecular weight is 568 g/mol. The first-order valence-corrected chi connectivity index (χ1v) is 15.4. The number of hydrogen-bond acceptors (Lipinski definition) is 6. The van der Waals surface area contributed by atoms with Gasteiger partial charge in [0.1, 0.15) is 12.1 Å². The minimum Gasteiger partial charge on any atom is -0.393 e. The Hall–Kier alpha value is -2.37. The Bertz CT molecular complexity index is 1300. The molecule has 0 radical (unpaired) electrons. The summed E-state index contributed by atoms with van der Waals surface area (Å²) < 4.78 is 26.1. The van der Waals surface area contributed by atoms with Crippen LogP contribution in [0.2, 0.25) is 0 Å². The van der Waals surface area contributed by atoms with Crippen molar-refractivity contribution in [1.29, 1.82) is 0 Å². The van der Waals surface area contributed by atoms with Gasteiger partial charge in [0.2, 0.25) is 17.7 Å². The summed E-state index contributed by atoms with van der Waals surface area (Å²) in [5.41, 5.74) is -0.175. The zero-order valence-electron chi connectivity index (χ0n) is 20.6. The molecule has 5 N–H and O–H groups in total. The zero-order valence-corrected chi connectivity index (χ0v) is 22.3. The van der Waals surface area contributed by atoms with Crippen molar-refractivity contribution in [3.8, 4) is 0 Å². The zero-order chi connectivity index (χ0) is 27.2. The van der Waals surface area contributed by atoms with Crippen molar-refractivity contribution in [3.63, 3.8) is 0 Å². The van der Waals surface area contributed by atoms with Gasteiger partial charge in [-0.15, -0.1) is 11.3 Å². The third kappa shape index (κ3) is 5.51. The first-order chi connectivity index (χ1) is 18.0. The van der Waals surface area contributed by atoms with E-state index in [4.69, 9.17) is 9.79 Å². The third-order valence-electron chi connectivity index (χ3n) is 7.78. The van der Waals surface area contributed by atoms with E-state index in [1.54, 1.807) is 4.90 Å². The van der Waals surface area contributed by atoms with Crippen molar-refractivity contribution >= 4 is 46.7 Å². The quantitative estimate of drug-likeness (QED) is 0.336. The van der Waals surface area contributed by atoms with E-state index in [1.165, 1.54) is 24.3 Å². The van der Waals surface area contributed by atoms with Crippen LogP contribution in [0.4, 0.5) is 4.39 Å². The average Bonchev–Trinajstić information content (AvgIpc) is 3.57. The smallest absolute Gasteiger partial charge is 0.363 e. The lowest BCUT2D eigenvalue weighted by Gasteiger charge is -2.31.